The van der Waals surface area contributed by atoms with Crippen molar-refractivity contribution in [3.8, 4) is 0 Å². The number of rotatable bonds is 6. The Morgan fingerprint density at radius 1 is 1.17 bits per heavy atom. The summed E-state index contributed by atoms with van der Waals surface area (Å²) >= 11 is 0. The average Bonchev–Trinajstić information content (AvgIpc) is 2.41. The first-order chi connectivity index (χ1) is 10.4. The molecule has 23 heavy (non-hydrogen) atoms. The van der Waals surface area contributed by atoms with Gasteiger partial charge in [0, 0.05) is 13.1 Å². The molecule has 1 amide bonds. The summed E-state index contributed by atoms with van der Waals surface area (Å²) in [5.41, 5.74) is -1.43. The molecule has 0 bridgehead atoms. The molecule has 0 saturated carbocycles. The van der Waals surface area contributed by atoms with Gasteiger partial charge < -0.3 is 15.7 Å². The maximum Gasteiger partial charge on any atom is 0.239 e. The maximum absolute atomic E-state index is 13.6. The molecule has 1 atom stereocenters. The van der Waals surface area contributed by atoms with Crippen LogP contribution in [0, 0.1) is 17.0 Å². The number of amides is 1. The van der Waals surface area contributed by atoms with E-state index in [2.05, 4.69) is 10.6 Å². The molecular weight excluding hydrogens is 302 g/mol. The van der Waals surface area contributed by atoms with Gasteiger partial charge >= 0.3 is 0 Å². The Morgan fingerprint density at radius 3 is 2.17 bits per heavy atom. The first-order valence-electron chi connectivity index (χ1n) is 7.59. The van der Waals surface area contributed by atoms with E-state index in [0.29, 0.717) is 6.54 Å². The topological polar surface area (TPSA) is 61.4 Å². The van der Waals surface area contributed by atoms with Gasteiger partial charge in [0.05, 0.1) is 17.2 Å². The van der Waals surface area contributed by atoms with E-state index in [4.69, 9.17) is 0 Å². The van der Waals surface area contributed by atoms with Crippen LogP contribution in [0.15, 0.2) is 18.2 Å². The highest BCUT2D eigenvalue weighted by atomic mass is 19.1. The van der Waals surface area contributed by atoms with Gasteiger partial charge in [-0.2, -0.15) is 0 Å². The highest BCUT2D eigenvalue weighted by molar-refractivity contribution is 5.85. The Bertz CT molecular complexity index is 534. The van der Waals surface area contributed by atoms with E-state index in [1.165, 1.54) is 6.07 Å². The molecule has 4 nitrogen and oxygen atoms in total. The Labute approximate surface area is 136 Å². The molecule has 1 aromatic rings. The second kappa shape index (κ2) is 7.36. The van der Waals surface area contributed by atoms with Gasteiger partial charge in [-0.25, -0.2) is 8.78 Å². The fourth-order valence-corrected chi connectivity index (χ4v) is 1.93. The summed E-state index contributed by atoms with van der Waals surface area (Å²) in [5, 5.41) is 15.7. The molecule has 3 N–H and O–H groups in total. The molecule has 6 heteroatoms. The van der Waals surface area contributed by atoms with Crippen molar-refractivity contribution in [3.05, 3.63) is 35.4 Å². The number of halogens is 2. The second-order valence-electron chi connectivity index (χ2n) is 7.40. The molecule has 0 heterocycles. The zero-order valence-corrected chi connectivity index (χ0v) is 14.3. The van der Waals surface area contributed by atoms with Crippen molar-refractivity contribution in [1.82, 2.24) is 10.6 Å². The number of nitrogens with one attached hydrogen (secondary N) is 2. The van der Waals surface area contributed by atoms with Crippen LogP contribution in [-0.2, 0) is 4.79 Å². The summed E-state index contributed by atoms with van der Waals surface area (Å²) in [5.74, 6) is -1.86. The summed E-state index contributed by atoms with van der Waals surface area (Å²) in [6.07, 6.45) is -1.38. The largest absolute Gasteiger partial charge is 0.387 e. The van der Waals surface area contributed by atoms with Crippen molar-refractivity contribution in [1.29, 1.82) is 0 Å². The van der Waals surface area contributed by atoms with Gasteiger partial charge in [-0.1, -0.05) is 26.8 Å². The van der Waals surface area contributed by atoms with E-state index in [-0.39, 0.29) is 17.9 Å². The average molecular weight is 328 g/mol. The van der Waals surface area contributed by atoms with Crippen LogP contribution >= 0.6 is 0 Å². The predicted molar refractivity (Wildman–Crippen MR) is 85.9 cm³/mol. The van der Waals surface area contributed by atoms with Crippen LogP contribution in [0.25, 0.3) is 0 Å². The lowest BCUT2D eigenvalue weighted by Gasteiger charge is -2.29. The van der Waals surface area contributed by atoms with Gasteiger partial charge in [-0.05, 0) is 31.4 Å². The van der Waals surface area contributed by atoms with Crippen molar-refractivity contribution in [2.45, 2.75) is 46.3 Å². The Kier molecular flexibility index (Phi) is 6.25. The summed E-state index contributed by atoms with van der Waals surface area (Å²) < 4.78 is 27.2. The lowest BCUT2D eigenvalue weighted by molar-refractivity contribution is -0.127. The monoisotopic (exact) mass is 328 g/mol. The first-order valence-corrected chi connectivity index (χ1v) is 7.59. The number of carbonyl (C=O) groups is 1. The van der Waals surface area contributed by atoms with Crippen molar-refractivity contribution < 1.29 is 18.7 Å². The molecule has 0 aliphatic heterocycles. The summed E-state index contributed by atoms with van der Waals surface area (Å²) in [6, 6.07) is 3.41. The van der Waals surface area contributed by atoms with Crippen molar-refractivity contribution in [2.24, 2.45) is 5.41 Å². The van der Waals surface area contributed by atoms with Crippen molar-refractivity contribution in [2.75, 3.05) is 13.1 Å². The van der Waals surface area contributed by atoms with Gasteiger partial charge in [0.15, 0.2) is 0 Å². The Balaban J connectivity index is 2.66. The predicted octanol–water partition coefficient (Wildman–Crippen LogP) is 2.53. The lowest BCUT2D eigenvalue weighted by Crippen LogP contribution is -2.54. The van der Waals surface area contributed by atoms with Crippen molar-refractivity contribution in [3.63, 3.8) is 0 Å². The van der Waals surface area contributed by atoms with Gasteiger partial charge in [0.25, 0.3) is 0 Å². The van der Waals surface area contributed by atoms with Crippen LogP contribution in [0.2, 0.25) is 0 Å². The van der Waals surface area contributed by atoms with E-state index < -0.39 is 28.8 Å². The zero-order chi connectivity index (χ0) is 17.8. The van der Waals surface area contributed by atoms with E-state index >= 15 is 0 Å². The molecule has 0 radical (unpaired) electrons. The molecule has 0 aromatic heterocycles. The second-order valence-corrected chi connectivity index (χ2v) is 7.40. The molecular formula is C17H26F2N2O2. The van der Waals surface area contributed by atoms with Crippen LogP contribution in [0.1, 0.15) is 46.3 Å². The van der Waals surface area contributed by atoms with Gasteiger partial charge in [-0.15, -0.1) is 0 Å². The first kappa shape index (κ1) is 19.5. The quantitative estimate of drug-likeness (QED) is 0.752. The summed E-state index contributed by atoms with van der Waals surface area (Å²) in [7, 11) is 0. The third-order valence-corrected chi connectivity index (χ3v) is 3.42. The maximum atomic E-state index is 13.6. The van der Waals surface area contributed by atoms with E-state index in [9.17, 15) is 18.7 Å². The minimum atomic E-state index is -1.38. The third-order valence-electron chi connectivity index (χ3n) is 3.42. The van der Waals surface area contributed by atoms with E-state index in [1.807, 2.05) is 20.8 Å². The molecule has 1 unspecified atom stereocenters. The van der Waals surface area contributed by atoms with E-state index in [1.54, 1.807) is 13.8 Å². The molecule has 130 valence electrons. The normalized spacial score (nSPS) is 13.7. The SMILES string of the molecule is CC(C)(C)CNC(=O)C(C)(C)NCC(O)c1c(F)cccc1F. The van der Waals surface area contributed by atoms with Gasteiger partial charge in [0.2, 0.25) is 5.91 Å². The van der Waals surface area contributed by atoms with E-state index in [0.717, 1.165) is 12.1 Å². The fraction of sp³-hybridized carbons (Fsp3) is 0.588. The highest BCUT2D eigenvalue weighted by Crippen LogP contribution is 2.20. The molecule has 1 aromatic carbocycles. The number of hydrogen-bond acceptors (Lipinski definition) is 3. The van der Waals surface area contributed by atoms with Crippen LogP contribution in [0.3, 0.4) is 0 Å². The third kappa shape index (κ3) is 5.88. The number of carbonyl (C=O) groups excluding carboxylic acids is 1. The number of aliphatic hydroxyl groups is 1. The van der Waals surface area contributed by atoms with Gasteiger partial charge in [-0.3, -0.25) is 4.79 Å². The fourth-order valence-electron chi connectivity index (χ4n) is 1.93. The molecule has 1 rings (SSSR count). The molecule has 0 aliphatic carbocycles. The van der Waals surface area contributed by atoms with Gasteiger partial charge in [0.1, 0.15) is 11.6 Å². The number of benzene rings is 1. The van der Waals surface area contributed by atoms with Crippen LogP contribution < -0.4 is 10.6 Å². The Hall–Kier alpha value is -1.53. The smallest absolute Gasteiger partial charge is 0.239 e. The number of hydrogen-bond donors (Lipinski definition) is 3. The zero-order valence-electron chi connectivity index (χ0n) is 14.3. The van der Waals surface area contributed by atoms with Crippen molar-refractivity contribution >= 4 is 5.91 Å². The number of β-amino-alcohol motifs (C(OH)–C–C–N with tert-alkyl or cyclic N) is 1. The molecule has 0 saturated heterocycles. The summed E-state index contributed by atoms with van der Waals surface area (Å²) in [4.78, 5) is 12.2. The Morgan fingerprint density at radius 2 is 1.70 bits per heavy atom. The molecule has 0 aliphatic rings. The molecule has 0 fully saturated rings. The highest BCUT2D eigenvalue weighted by Gasteiger charge is 2.29. The molecule has 0 spiro atoms. The van der Waals surface area contributed by atoms with Crippen LogP contribution in [0.4, 0.5) is 8.78 Å². The summed E-state index contributed by atoms with van der Waals surface area (Å²) in [6.45, 7) is 9.65. The standard InChI is InChI=1S/C17H26F2N2O2/c1-16(2,3)10-20-15(23)17(4,5)21-9-13(22)14-11(18)7-6-8-12(14)19/h6-8,13,21-22H,9-10H2,1-5H3,(H,20,23). The minimum absolute atomic E-state index is 0.0540. The minimum Gasteiger partial charge on any atom is -0.387 e. The lowest BCUT2D eigenvalue weighted by atomic mass is 9.95. The van der Waals surface area contributed by atoms with Crippen LogP contribution in [0.5, 0.6) is 0 Å². The van der Waals surface area contributed by atoms with Crippen LogP contribution in [-0.4, -0.2) is 29.6 Å². The number of aliphatic hydroxyl groups excluding tert-OH is 1.